The van der Waals surface area contributed by atoms with Gasteiger partial charge in [-0.2, -0.15) is 0 Å². The van der Waals surface area contributed by atoms with Crippen molar-refractivity contribution in [3.05, 3.63) is 29.8 Å². The first kappa shape index (κ1) is 15.2. The first-order valence-corrected chi connectivity index (χ1v) is 8.18. The van der Waals surface area contributed by atoms with E-state index in [-0.39, 0.29) is 6.03 Å². The van der Waals surface area contributed by atoms with Gasteiger partial charge in [0.25, 0.3) is 0 Å². The lowest BCUT2D eigenvalue weighted by atomic mass is 10.1. The van der Waals surface area contributed by atoms with E-state index in [1.807, 2.05) is 4.90 Å². The average molecular weight is 293 g/mol. The SMILES string of the molecule is CCNC(C)c1ccc(SCCN2CCNC2=O)cc1. The van der Waals surface area contributed by atoms with E-state index in [4.69, 9.17) is 0 Å². The molecular formula is C15H23N3OS. The van der Waals surface area contributed by atoms with Gasteiger partial charge in [-0.25, -0.2) is 4.79 Å². The van der Waals surface area contributed by atoms with E-state index in [0.717, 1.165) is 31.9 Å². The number of hydrogen-bond acceptors (Lipinski definition) is 3. The van der Waals surface area contributed by atoms with Crippen molar-refractivity contribution in [1.29, 1.82) is 0 Å². The van der Waals surface area contributed by atoms with Crippen LogP contribution in [0.4, 0.5) is 4.79 Å². The van der Waals surface area contributed by atoms with Gasteiger partial charge in [0.15, 0.2) is 0 Å². The molecule has 0 aliphatic carbocycles. The van der Waals surface area contributed by atoms with Gasteiger partial charge in [0.05, 0.1) is 0 Å². The standard InChI is InChI=1S/C15H23N3OS/c1-3-16-12(2)13-4-6-14(7-5-13)20-11-10-18-9-8-17-15(18)19/h4-7,12,16H,3,8-11H2,1-2H3,(H,17,19). The van der Waals surface area contributed by atoms with Crippen LogP contribution in [0.15, 0.2) is 29.2 Å². The van der Waals surface area contributed by atoms with E-state index in [1.165, 1.54) is 10.5 Å². The summed E-state index contributed by atoms with van der Waals surface area (Å²) >= 11 is 1.80. The Hall–Kier alpha value is -1.20. The minimum atomic E-state index is 0.0698. The molecule has 1 saturated heterocycles. The third-order valence-electron chi connectivity index (χ3n) is 3.47. The summed E-state index contributed by atoms with van der Waals surface area (Å²) in [6.07, 6.45) is 0. The van der Waals surface area contributed by atoms with E-state index < -0.39 is 0 Å². The fraction of sp³-hybridized carbons (Fsp3) is 0.533. The minimum Gasteiger partial charge on any atom is -0.336 e. The molecule has 1 atom stereocenters. The minimum absolute atomic E-state index is 0.0698. The van der Waals surface area contributed by atoms with Gasteiger partial charge in [0.1, 0.15) is 0 Å². The topological polar surface area (TPSA) is 44.4 Å². The third kappa shape index (κ3) is 4.15. The number of rotatable bonds is 7. The number of nitrogens with zero attached hydrogens (tertiary/aromatic N) is 1. The normalized spacial score (nSPS) is 16.3. The van der Waals surface area contributed by atoms with Gasteiger partial charge in [0, 0.05) is 36.3 Å². The van der Waals surface area contributed by atoms with Crippen molar-refractivity contribution in [3.8, 4) is 0 Å². The second-order valence-corrected chi connectivity index (χ2v) is 6.08. The molecule has 1 unspecified atom stereocenters. The monoisotopic (exact) mass is 293 g/mol. The summed E-state index contributed by atoms with van der Waals surface area (Å²) in [5.41, 5.74) is 1.31. The zero-order chi connectivity index (χ0) is 14.4. The van der Waals surface area contributed by atoms with Gasteiger partial charge in [-0.1, -0.05) is 19.1 Å². The van der Waals surface area contributed by atoms with Crippen LogP contribution in [-0.4, -0.2) is 42.9 Å². The van der Waals surface area contributed by atoms with Gasteiger partial charge in [0.2, 0.25) is 0 Å². The van der Waals surface area contributed by atoms with Crippen molar-refractivity contribution < 1.29 is 4.79 Å². The van der Waals surface area contributed by atoms with Crippen LogP contribution in [-0.2, 0) is 0 Å². The number of nitrogens with one attached hydrogen (secondary N) is 2. The lowest BCUT2D eigenvalue weighted by Gasteiger charge is -2.14. The molecule has 1 aromatic carbocycles. The largest absolute Gasteiger partial charge is 0.336 e. The van der Waals surface area contributed by atoms with Gasteiger partial charge in [-0.15, -0.1) is 11.8 Å². The number of thioether (sulfide) groups is 1. The summed E-state index contributed by atoms with van der Waals surface area (Å²) in [6.45, 7) is 7.70. The van der Waals surface area contributed by atoms with Gasteiger partial charge in [-0.3, -0.25) is 0 Å². The molecule has 5 heteroatoms. The van der Waals surface area contributed by atoms with Crippen molar-refractivity contribution in [2.24, 2.45) is 0 Å². The second-order valence-electron chi connectivity index (χ2n) is 4.92. The van der Waals surface area contributed by atoms with Crippen LogP contribution in [0.2, 0.25) is 0 Å². The Bertz CT molecular complexity index is 435. The first-order valence-electron chi connectivity index (χ1n) is 7.19. The highest BCUT2D eigenvalue weighted by molar-refractivity contribution is 7.99. The summed E-state index contributed by atoms with van der Waals surface area (Å²) in [4.78, 5) is 14.5. The van der Waals surface area contributed by atoms with E-state index in [0.29, 0.717) is 6.04 Å². The van der Waals surface area contributed by atoms with E-state index in [2.05, 4.69) is 48.7 Å². The Kier molecular flexibility index (Phi) is 5.73. The summed E-state index contributed by atoms with van der Waals surface area (Å²) < 4.78 is 0. The van der Waals surface area contributed by atoms with Crippen molar-refractivity contribution >= 4 is 17.8 Å². The fourth-order valence-electron chi connectivity index (χ4n) is 2.27. The van der Waals surface area contributed by atoms with Crippen LogP contribution in [0.1, 0.15) is 25.5 Å². The summed E-state index contributed by atoms with van der Waals surface area (Å²) in [6, 6.07) is 9.15. The molecule has 2 rings (SSSR count). The Balaban J connectivity index is 1.77. The van der Waals surface area contributed by atoms with Gasteiger partial charge < -0.3 is 15.5 Å². The predicted molar refractivity (Wildman–Crippen MR) is 84.2 cm³/mol. The Labute approximate surface area is 125 Å². The number of amides is 2. The predicted octanol–water partition coefficient (Wildman–Crippen LogP) is 2.47. The van der Waals surface area contributed by atoms with Crippen LogP contribution < -0.4 is 10.6 Å². The molecule has 0 radical (unpaired) electrons. The summed E-state index contributed by atoms with van der Waals surface area (Å²) in [5, 5.41) is 6.23. The molecule has 0 bridgehead atoms. The maximum Gasteiger partial charge on any atom is 0.317 e. The smallest absolute Gasteiger partial charge is 0.317 e. The second kappa shape index (κ2) is 7.55. The molecule has 1 aromatic rings. The third-order valence-corrected chi connectivity index (χ3v) is 4.46. The van der Waals surface area contributed by atoms with Crippen LogP contribution in [0.25, 0.3) is 0 Å². The number of benzene rings is 1. The Morgan fingerprint density at radius 2 is 2.15 bits per heavy atom. The Morgan fingerprint density at radius 3 is 2.75 bits per heavy atom. The maximum absolute atomic E-state index is 11.4. The number of carbonyl (C=O) groups excluding carboxylic acids is 1. The first-order chi connectivity index (χ1) is 9.70. The average Bonchev–Trinajstić information content (AvgIpc) is 2.85. The highest BCUT2D eigenvalue weighted by atomic mass is 32.2. The van der Waals surface area contributed by atoms with Crippen molar-refractivity contribution in [1.82, 2.24) is 15.5 Å². The van der Waals surface area contributed by atoms with Crippen molar-refractivity contribution in [2.45, 2.75) is 24.8 Å². The zero-order valence-corrected chi connectivity index (χ0v) is 13.0. The summed E-state index contributed by atoms with van der Waals surface area (Å²) in [5.74, 6) is 0.940. The molecule has 0 spiro atoms. The molecule has 1 aliphatic heterocycles. The quantitative estimate of drug-likeness (QED) is 0.759. The van der Waals surface area contributed by atoms with Crippen LogP contribution in [0.5, 0.6) is 0 Å². The summed E-state index contributed by atoms with van der Waals surface area (Å²) in [7, 11) is 0. The van der Waals surface area contributed by atoms with Crippen LogP contribution in [0.3, 0.4) is 0 Å². The number of carbonyl (C=O) groups is 1. The molecule has 1 heterocycles. The molecule has 0 saturated carbocycles. The molecule has 4 nitrogen and oxygen atoms in total. The highest BCUT2D eigenvalue weighted by Gasteiger charge is 2.18. The van der Waals surface area contributed by atoms with Crippen molar-refractivity contribution in [3.63, 3.8) is 0 Å². The molecule has 2 amide bonds. The van der Waals surface area contributed by atoms with E-state index in [9.17, 15) is 4.79 Å². The van der Waals surface area contributed by atoms with Gasteiger partial charge in [-0.05, 0) is 31.2 Å². The molecular weight excluding hydrogens is 270 g/mol. The molecule has 20 heavy (non-hydrogen) atoms. The van der Waals surface area contributed by atoms with Crippen LogP contribution in [0, 0.1) is 0 Å². The molecule has 0 aromatic heterocycles. The number of urea groups is 1. The van der Waals surface area contributed by atoms with Crippen molar-refractivity contribution in [2.75, 3.05) is 31.9 Å². The van der Waals surface area contributed by atoms with Crippen LogP contribution >= 0.6 is 11.8 Å². The molecule has 110 valence electrons. The Morgan fingerprint density at radius 1 is 1.40 bits per heavy atom. The fourth-order valence-corrected chi connectivity index (χ4v) is 3.15. The molecule has 1 aliphatic rings. The van der Waals surface area contributed by atoms with E-state index >= 15 is 0 Å². The molecule has 1 fully saturated rings. The lowest BCUT2D eigenvalue weighted by Crippen LogP contribution is -2.30. The maximum atomic E-state index is 11.4. The zero-order valence-electron chi connectivity index (χ0n) is 12.2. The lowest BCUT2D eigenvalue weighted by molar-refractivity contribution is 0.220. The highest BCUT2D eigenvalue weighted by Crippen LogP contribution is 2.21. The number of hydrogen-bond donors (Lipinski definition) is 2. The van der Waals surface area contributed by atoms with Gasteiger partial charge >= 0.3 is 6.03 Å². The molecule has 2 N–H and O–H groups in total. The van der Waals surface area contributed by atoms with E-state index in [1.54, 1.807) is 11.8 Å².